The maximum atomic E-state index is 13.6. The average Bonchev–Trinajstić information content (AvgIpc) is 3.81. The number of nitrogens with one attached hydrogen (secondary N) is 2. The fourth-order valence-electron chi connectivity index (χ4n) is 11.7. The SMILES string of the molecule is COc1ccc2c(c1)C=C(C(=O)N(C)CC(=O)O)Cn1c-2c(C2CCCCC2)c2ccc(C(=O)NS(=O)(=O)N(C)C)cc21.COc1ccc2c(c1)C=C(C(=O)O)Cn1c-2c(C2CCCCC2)c2ccc(C(=O)NS(=O)(=O)N(C)C)cc21. The van der Waals surface area contributed by atoms with E-state index in [2.05, 4.69) is 9.44 Å². The summed E-state index contributed by atoms with van der Waals surface area (Å²) in [6, 6.07) is 21.7. The third kappa shape index (κ3) is 11.7. The Morgan fingerprint density at radius 3 is 1.36 bits per heavy atom. The number of hydrogen-bond donors (Lipinski definition) is 4. The number of hydrogen-bond acceptors (Lipinski definition) is 11. The number of rotatable bonds is 14. The molecule has 4 aliphatic rings. The topological polar surface area (TPSA) is 256 Å². The molecule has 0 radical (unpaired) electrons. The van der Waals surface area contributed by atoms with Gasteiger partial charge in [0.05, 0.1) is 44.3 Å². The van der Waals surface area contributed by atoms with Crippen LogP contribution in [0.15, 0.2) is 83.9 Å². The molecule has 428 valence electrons. The molecule has 2 fully saturated rings. The van der Waals surface area contributed by atoms with E-state index in [-0.39, 0.29) is 41.6 Å². The highest BCUT2D eigenvalue weighted by Crippen LogP contribution is 2.49. The zero-order valence-electron chi connectivity index (χ0n) is 46.4. The lowest BCUT2D eigenvalue weighted by Crippen LogP contribution is -2.39. The van der Waals surface area contributed by atoms with Crippen molar-refractivity contribution in [2.45, 2.75) is 89.1 Å². The van der Waals surface area contributed by atoms with E-state index in [0.717, 1.165) is 120 Å². The highest BCUT2D eigenvalue weighted by atomic mass is 32.2. The number of ether oxygens (including phenoxy) is 2. The van der Waals surface area contributed by atoms with Crippen LogP contribution in [-0.4, -0.2) is 135 Å². The van der Waals surface area contributed by atoms with Gasteiger partial charge in [-0.25, -0.2) is 14.2 Å². The second-order valence-corrected chi connectivity index (χ2v) is 25.1. The van der Waals surface area contributed by atoms with E-state index in [1.54, 1.807) is 50.6 Å². The largest absolute Gasteiger partial charge is 0.497 e. The highest BCUT2D eigenvalue weighted by Gasteiger charge is 2.34. The van der Waals surface area contributed by atoms with Gasteiger partial charge in [0.15, 0.2) is 0 Å². The van der Waals surface area contributed by atoms with Crippen molar-refractivity contribution in [2.24, 2.45) is 0 Å². The summed E-state index contributed by atoms with van der Waals surface area (Å²) in [5, 5.41) is 21.3. The molecule has 20 nitrogen and oxygen atoms in total. The number of nitrogens with zero attached hydrogens (tertiary/aromatic N) is 5. The molecule has 0 spiro atoms. The minimum atomic E-state index is -4.01. The van der Waals surface area contributed by atoms with Crippen LogP contribution in [-0.2, 0) is 47.9 Å². The second-order valence-electron chi connectivity index (χ2n) is 21.4. The normalized spacial score (nSPS) is 15.6. The van der Waals surface area contributed by atoms with Gasteiger partial charge >= 0.3 is 32.4 Å². The van der Waals surface area contributed by atoms with Gasteiger partial charge in [-0.15, -0.1) is 0 Å². The summed E-state index contributed by atoms with van der Waals surface area (Å²) in [6.07, 6.45) is 14.3. The van der Waals surface area contributed by atoms with Crippen LogP contribution in [0.4, 0.5) is 0 Å². The lowest BCUT2D eigenvalue weighted by atomic mass is 9.81. The molecule has 0 bridgehead atoms. The minimum absolute atomic E-state index is 0.103. The van der Waals surface area contributed by atoms with Gasteiger partial charge in [-0.1, -0.05) is 50.7 Å². The highest BCUT2D eigenvalue weighted by molar-refractivity contribution is 7.88. The lowest BCUT2D eigenvalue weighted by Gasteiger charge is -2.24. The van der Waals surface area contributed by atoms with Crippen molar-refractivity contribution in [3.8, 4) is 34.0 Å². The Hall–Kier alpha value is -7.79. The smallest absolute Gasteiger partial charge is 0.333 e. The molecule has 0 atom stereocenters. The number of methoxy groups -OCH3 is 2. The summed E-state index contributed by atoms with van der Waals surface area (Å²) < 4.78 is 70.3. The number of likely N-dealkylation sites (N-methyl/N-ethyl adjacent to an activating group) is 1. The first-order valence-corrected chi connectivity index (χ1v) is 29.7. The van der Waals surface area contributed by atoms with Gasteiger partial charge in [-0.3, -0.25) is 19.2 Å². The molecule has 2 saturated carbocycles. The Morgan fingerprint density at radius 1 is 0.568 bits per heavy atom. The first-order valence-electron chi connectivity index (χ1n) is 26.8. The third-order valence-electron chi connectivity index (χ3n) is 15.8. The number of carbonyl (C=O) groups is 5. The lowest BCUT2D eigenvalue weighted by molar-refractivity contribution is -0.142. The summed E-state index contributed by atoms with van der Waals surface area (Å²) in [7, 11) is 1.97. The zero-order valence-corrected chi connectivity index (χ0v) is 48.0. The molecule has 4 heterocycles. The third-order valence-corrected chi connectivity index (χ3v) is 18.6. The molecule has 6 aromatic rings. The average molecular weight is 1150 g/mol. The van der Waals surface area contributed by atoms with E-state index in [4.69, 9.17) is 9.47 Å². The summed E-state index contributed by atoms with van der Waals surface area (Å²) in [5.74, 6) is -2.31. The molecule has 22 heteroatoms. The maximum Gasteiger partial charge on any atom is 0.333 e. The molecule has 2 aliphatic carbocycles. The number of carbonyl (C=O) groups excluding carboxylic acids is 3. The van der Waals surface area contributed by atoms with Gasteiger partial charge in [0.1, 0.15) is 18.0 Å². The predicted octanol–water partition coefficient (Wildman–Crippen LogP) is 8.22. The fourth-order valence-corrected chi connectivity index (χ4v) is 12.7. The Balaban J connectivity index is 0.000000197. The molecule has 3 amide bonds. The Labute approximate surface area is 471 Å². The van der Waals surface area contributed by atoms with E-state index in [9.17, 15) is 51.0 Å². The maximum absolute atomic E-state index is 13.6. The Morgan fingerprint density at radius 2 is 0.975 bits per heavy atom. The van der Waals surface area contributed by atoms with Crippen LogP contribution in [0.1, 0.15) is 119 Å². The number of fused-ring (bicyclic) bond motifs is 10. The molecule has 0 saturated heterocycles. The van der Waals surface area contributed by atoms with Crippen LogP contribution in [0.5, 0.6) is 11.5 Å². The minimum Gasteiger partial charge on any atom is -0.497 e. The van der Waals surface area contributed by atoms with Crippen molar-refractivity contribution in [1.29, 1.82) is 0 Å². The van der Waals surface area contributed by atoms with Gasteiger partial charge in [0, 0.05) is 84.9 Å². The second kappa shape index (κ2) is 23.4. The number of carboxylic acids is 2. The van der Waals surface area contributed by atoms with Gasteiger partial charge in [0.2, 0.25) is 0 Å². The summed E-state index contributed by atoms with van der Waals surface area (Å²) in [6.45, 7) is -0.232. The molecular weight excluding hydrogens is 1080 g/mol. The van der Waals surface area contributed by atoms with Crippen LogP contribution in [0.25, 0.3) is 56.5 Å². The predicted molar refractivity (Wildman–Crippen MR) is 309 cm³/mol. The van der Waals surface area contributed by atoms with Crippen LogP contribution >= 0.6 is 0 Å². The van der Waals surface area contributed by atoms with Gasteiger partial charge < -0.3 is 33.7 Å². The first kappa shape index (κ1) is 57.9. The van der Waals surface area contributed by atoms with E-state index in [1.165, 1.54) is 48.1 Å². The summed E-state index contributed by atoms with van der Waals surface area (Å²) in [5.41, 5.74) is 9.77. The van der Waals surface area contributed by atoms with Crippen LogP contribution < -0.4 is 18.9 Å². The van der Waals surface area contributed by atoms with Crippen LogP contribution in [0.2, 0.25) is 0 Å². The first-order chi connectivity index (χ1) is 38.5. The van der Waals surface area contributed by atoms with Crippen LogP contribution in [0, 0.1) is 0 Å². The van der Waals surface area contributed by atoms with E-state index >= 15 is 0 Å². The molecule has 2 aromatic heterocycles. The molecule has 81 heavy (non-hydrogen) atoms. The van der Waals surface area contributed by atoms with Gasteiger partial charge in [0.25, 0.3) is 17.7 Å². The number of aromatic nitrogens is 2. The fraction of sp³-hybridized carbons (Fsp3) is 0.373. The van der Waals surface area contributed by atoms with Crippen molar-refractivity contribution >= 4 is 84.0 Å². The van der Waals surface area contributed by atoms with Crippen molar-refractivity contribution < 1.29 is 60.5 Å². The number of benzene rings is 4. The quantitative estimate of drug-likeness (QED) is 0.0803. The van der Waals surface area contributed by atoms with Gasteiger partial charge in [-0.05, 0) is 133 Å². The Kier molecular flexibility index (Phi) is 16.7. The molecule has 0 unspecified atom stereocenters. The Bertz CT molecular complexity index is 3820. The molecule has 4 aromatic carbocycles. The van der Waals surface area contributed by atoms with Crippen molar-refractivity contribution in [1.82, 2.24) is 32.1 Å². The van der Waals surface area contributed by atoms with Crippen molar-refractivity contribution in [3.05, 3.63) is 117 Å². The monoisotopic (exact) mass is 1150 g/mol. The van der Waals surface area contributed by atoms with E-state index in [1.807, 2.05) is 57.7 Å². The number of aliphatic carboxylic acids is 2. The molecule has 10 rings (SSSR count). The molecule has 4 N–H and O–H groups in total. The van der Waals surface area contributed by atoms with Gasteiger partial charge in [-0.2, -0.15) is 25.4 Å². The van der Waals surface area contributed by atoms with Crippen molar-refractivity contribution in [2.75, 3.05) is 56.0 Å². The van der Waals surface area contributed by atoms with Crippen LogP contribution in [0.3, 0.4) is 0 Å². The summed E-state index contributed by atoms with van der Waals surface area (Å²) in [4.78, 5) is 64.5. The van der Waals surface area contributed by atoms with Crippen molar-refractivity contribution in [3.63, 3.8) is 0 Å². The number of carboxylic acid groups (broad SMARTS) is 2. The molecule has 2 aliphatic heterocycles. The number of amides is 3. The van der Waals surface area contributed by atoms with E-state index < -0.39 is 56.6 Å². The zero-order chi connectivity index (χ0) is 58.2. The molecular formula is C59H67N7O13S2. The van der Waals surface area contributed by atoms with E-state index in [0.29, 0.717) is 28.1 Å². The standard InChI is InChI=1S/C31H36N4O7S.C28H31N3O6S/c1-33(2)43(40,41)32-30(38)20-10-12-25-26(16-20)35-17-22(31(39)34(3)18-27(36)37)14-21-15-23(42-4)11-13-24(21)29(35)28(25)19-8-6-5-7-9-19;1-30(2)38(35,36)29-27(32)18-9-11-23-24(15-18)31-16-20(28(33)34)13-19-14-21(37-3)10-12-22(19)26(31)25(23)17-7-5-4-6-8-17/h10-16,19H,5-9,17-18H2,1-4H3,(H,32,38)(H,36,37);9-15,17H,4-8,16H2,1-3H3,(H,29,32)(H,33,34). The summed E-state index contributed by atoms with van der Waals surface area (Å²) >= 11 is 0.